The Hall–Kier alpha value is -1.95. The molecule has 0 saturated carbocycles. The Morgan fingerprint density at radius 3 is 2.83 bits per heavy atom. The van der Waals surface area contributed by atoms with Crippen LogP contribution in [0.3, 0.4) is 0 Å². The molecule has 0 unspecified atom stereocenters. The fraction of sp³-hybridized carbons (Fsp3) is 0.250. The first-order chi connectivity index (χ1) is 8.63. The number of ketones is 1. The van der Waals surface area contributed by atoms with Gasteiger partial charge in [0.15, 0.2) is 23.2 Å². The molecule has 1 aromatic heterocycles. The molecule has 1 aromatic carbocycles. The Bertz CT molecular complexity index is 664. The molecular weight excluding hydrogens is 242 g/mol. The minimum atomic E-state index is -0.790. The summed E-state index contributed by atoms with van der Waals surface area (Å²) >= 11 is 0. The van der Waals surface area contributed by atoms with Gasteiger partial charge in [0.25, 0.3) is 0 Å². The van der Waals surface area contributed by atoms with Crippen LogP contribution in [-0.2, 0) is 6.54 Å². The molecule has 2 N–H and O–H groups in total. The van der Waals surface area contributed by atoms with E-state index in [4.69, 9.17) is 4.74 Å². The highest BCUT2D eigenvalue weighted by Gasteiger charge is 2.26. The smallest absolute Gasteiger partial charge is 0.193 e. The number of Topliss-reactive ketones (excluding diaryl/α,β-unsaturated/α-hetero) is 1. The van der Waals surface area contributed by atoms with Crippen LogP contribution in [0.25, 0.3) is 10.9 Å². The summed E-state index contributed by atoms with van der Waals surface area (Å²) < 4.78 is 32.4. The van der Waals surface area contributed by atoms with Crippen molar-refractivity contribution in [3.05, 3.63) is 29.0 Å². The van der Waals surface area contributed by atoms with E-state index in [0.717, 1.165) is 6.07 Å². The van der Waals surface area contributed by atoms with Crippen molar-refractivity contribution in [1.29, 1.82) is 0 Å². The van der Waals surface area contributed by atoms with Gasteiger partial charge in [-0.2, -0.15) is 0 Å². The average molecular weight is 252 g/mol. The van der Waals surface area contributed by atoms with Crippen molar-refractivity contribution >= 4 is 16.7 Å². The van der Waals surface area contributed by atoms with Gasteiger partial charge >= 0.3 is 0 Å². The number of carbonyl (C=O) groups is 1. The van der Waals surface area contributed by atoms with E-state index in [1.54, 1.807) is 0 Å². The number of rotatable bonds is 1. The zero-order chi connectivity index (χ0) is 12.9. The van der Waals surface area contributed by atoms with Crippen LogP contribution in [0.5, 0.6) is 5.75 Å². The molecule has 0 radical (unpaired) electrons. The summed E-state index contributed by atoms with van der Waals surface area (Å²) in [6.45, 7) is 0.563. The summed E-state index contributed by atoms with van der Waals surface area (Å²) in [6.07, 6.45) is 0. The van der Waals surface area contributed by atoms with Crippen molar-refractivity contribution in [3.8, 4) is 5.75 Å². The number of benzene rings is 1. The molecule has 4 nitrogen and oxygen atoms in total. The molecule has 6 heteroatoms. The number of H-pyrrole nitrogens is 1. The number of halogens is 2. The van der Waals surface area contributed by atoms with E-state index in [-0.39, 0.29) is 23.2 Å². The third kappa shape index (κ3) is 1.35. The van der Waals surface area contributed by atoms with Gasteiger partial charge in [0.05, 0.1) is 24.9 Å². The number of hydrogen-bond donors (Lipinski definition) is 2. The third-order valence-electron chi connectivity index (χ3n) is 3.11. The van der Waals surface area contributed by atoms with Crippen molar-refractivity contribution in [2.24, 2.45) is 0 Å². The van der Waals surface area contributed by atoms with E-state index in [9.17, 15) is 13.6 Å². The van der Waals surface area contributed by atoms with Gasteiger partial charge in [0.2, 0.25) is 0 Å². The molecule has 0 saturated heterocycles. The number of methoxy groups -OCH3 is 1. The Labute approximate surface area is 101 Å². The molecule has 0 amide bonds. The van der Waals surface area contributed by atoms with Gasteiger partial charge in [-0.3, -0.25) is 4.79 Å². The van der Waals surface area contributed by atoms with Gasteiger partial charge in [-0.25, -0.2) is 8.78 Å². The first kappa shape index (κ1) is 11.2. The van der Waals surface area contributed by atoms with Crippen LogP contribution in [-0.4, -0.2) is 24.4 Å². The molecule has 1 aliphatic rings. The lowest BCUT2D eigenvalue weighted by molar-refractivity contribution is 0.0978. The molecule has 2 heterocycles. The number of hydrogen-bond acceptors (Lipinski definition) is 3. The monoisotopic (exact) mass is 252 g/mol. The number of aromatic amines is 1. The number of aromatic nitrogens is 1. The molecule has 0 aliphatic carbocycles. The van der Waals surface area contributed by atoms with Crippen LogP contribution in [0, 0.1) is 11.6 Å². The molecule has 0 fully saturated rings. The highest BCUT2D eigenvalue weighted by Crippen LogP contribution is 2.34. The fourth-order valence-corrected chi connectivity index (χ4v) is 2.32. The maximum Gasteiger partial charge on any atom is 0.193 e. The molecular formula is C12H10F2N2O2. The second-order valence-electron chi connectivity index (χ2n) is 4.13. The topological polar surface area (TPSA) is 54.1 Å². The van der Waals surface area contributed by atoms with Crippen molar-refractivity contribution in [2.75, 3.05) is 13.7 Å². The van der Waals surface area contributed by atoms with Crippen molar-refractivity contribution in [3.63, 3.8) is 0 Å². The van der Waals surface area contributed by atoms with Gasteiger partial charge < -0.3 is 15.0 Å². The Balaban J connectivity index is 2.40. The third-order valence-corrected chi connectivity index (χ3v) is 3.11. The molecule has 0 atom stereocenters. The normalized spacial score (nSPS) is 14.9. The zero-order valence-corrected chi connectivity index (χ0v) is 9.56. The molecule has 18 heavy (non-hydrogen) atoms. The van der Waals surface area contributed by atoms with Crippen LogP contribution < -0.4 is 10.1 Å². The largest absolute Gasteiger partial charge is 0.491 e. The SMILES string of the molecule is COc1c(F)cc2[nH]c3c(c2c1F)CNCC3=O. The van der Waals surface area contributed by atoms with Crippen LogP contribution >= 0.6 is 0 Å². The summed E-state index contributed by atoms with van der Waals surface area (Å²) in [4.78, 5) is 14.4. The van der Waals surface area contributed by atoms with Crippen molar-refractivity contribution in [2.45, 2.75) is 6.54 Å². The Morgan fingerprint density at radius 1 is 1.33 bits per heavy atom. The van der Waals surface area contributed by atoms with Crippen LogP contribution in [0.15, 0.2) is 6.07 Å². The first-order valence-corrected chi connectivity index (χ1v) is 5.44. The Morgan fingerprint density at radius 2 is 2.11 bits per heavy atom. The van der Waals surface area contributed by atoms with Gasteiger partial charge in [-0.1, -0.05) is 0 Å². The van der Waals surface area contributed by atoms with E-state index in [0.29, 0.717) is 17.8 Å². The predicted molar refractivity (Wildman–Crippen MR) is 60.8 cm³/mol. The maximum absolute atomic E-state index is 14.2. The molecule has 1 aliphatic heterocycles. The molecule has 3 rings (SSSR count). The van der Waals surface area contributed by atoms with Crippen molar-refractivity contribution < 1.29 is 18.3 Å². The van der Waals surface area contributed by atoms with E-state index in [2.05, 4.69) is 10.3 Å². The molecule has 94 valence electrons. The minimum absolute atomic E-state index is 0.161. The quantitative estimate of drug-likeness (QED) is 0.812. The Kier molecular flexibility index (Phi) is 2.34. The average Bonchev–Trinajstić information content (AvgIpc) is 2.69. The van der Waals surface area contributed by atoms with Crippen LogP contribution in [0.4, 0.5) is 8.78 Å². The minimum Gasteiger partial charge on any atom is -0.491 e. The predicted octanol–water partition coefficient (Wildman–Crippen LogP) is 1.74. The fourth-order valence-electron chi connectivity index (χ4n) is 2.32. The molecule has 0 spiro atoms. The summed E-state index contributed by atoms with van der Waals surface area (Å²) in [5, 5.41) is 3.09. The maximum atomic E-state index is 14.2. The first-order valence-electron chi connectivity index (χ1n) is 5.44. The highest BCUT2D eigenvalue weighted by molar-refractivity contribution is 6.04. The summed E-state index contributed by atoms with van der Waals surface area (Å²) in [6, 6.07) is 1.14. The number of nitrogens with one attached hydrogen (secondary N) is 2. The van der Waals surface area contributed by atoms with Gasteiger partial charge in [0.1, 0.15) is 0 Å². The number of ether oxygens (including phenoxy) is 1. The molecule has 0 bridgehead atoms. The van der Waals surface area contributed by atoms with Gasteiger partial charge in [-0.15, -0.1) is 0 Å². The summed E-state index contributed by atoms with van der Waals surface area (Å²) in [5.74, 6) is -2.16. The molecule has 2 aromatic rings. The van der Waals surface area contributed by atoms with E-state index in [1.165, 1.54) is 7.11 Å². The highest BCUT2D eigenvalue weighted by atomic mass is 19.1. The zero-order valence-electron chi connectivity index (χ0n) is 9.56. The van der Waals surface area contributed by atoms with E-state index >= 15 is 0 Å². The summed E-state index contributed by atoms with van der Waals surface area (Å²) in [7, 11) is 1.20. The second-order valence-corrected chi connectivity index (χ2v) is 4.13. The lowest BCUT2D eigenvalue weighted by Crippen LogP contribution is -2.29. The van der Waals surface area contributed by atoms with Gasteiger partial charge in [-0.05, 0) is 0 Å². The van der Waals surface area contributed by atoms with Crippen LogP contribution in [0.2, 0.25) is 0 Å². The standard InChI is InChI=1S/C12H10F2N2O2/c1-18-12-6(13)2-7-9(10(12)14)5-3-15-4-8(17)11(5)16-7/h2,15-16H,3-4H2,1H3. The lowest BCUT2D eigenvalue weighted by atomic mass is 10.0. The van der Waals surface area contributed by atoms with E-state index in [1.807, 2.05) is 0 Å². The van der Waals surface area contributed by atoms with Gasteiger partial charge in [0, 0.05) is 23.6 Å². The lowest BCUT2D eigenvalue weighted by Gasteiger charge is -2.12. The second kappa shape index (κ2) is 3.78. The summed E-state index contributed by atoms with van der Waals surface area (Å²) in [5.41, 5.74) is 1.14. The van der Waals surface area contributed by atoms with Crippen molar-refractivity contribution in [1.82, 2.24) is 10.3 Å². The van der Waals surface area contributed by atoms with E-state index < -0.39 is 17.4 Å². The number of fused-ring (bicyclic) bond motifs is 3. The van der Waals surface area contributed by atoms with Crippen LogP contribution in [0.1, 0.15) is 16.1 Å². The number of carbonyl (C=O) groups excluding carboxylic acids is 1.